The van der Waals surface area contributed by atoms with Crippen LogP contribution in [0.1, 0.15) is 40.8 Å². The second-order valence-electron chi connectivity index (χ2n) is 8.12. The Labute approximate surface area is 186 Å². The molecule has 0 spiro atoms. The van der Waals surface area contributed by atoms with Crippen LogP contribution in [0, 0.1) is 11.8 Å². The monoisotopic (exact) mass is 459 g/mol. The Bertz CT molecular complexity index is 818. The molecule has 182 valence electrons. The molecule has 0 aliphatic carbocycles. The Balaban J connectivity index is 3.08. The Hall–Kier alpha value is -2.57. The Kier molecular flexibility index (Phi) is 10.7. The minimum atomic E-state index is -1.45. The number of nitrogen functional groups attached to an aromatic ring is 1. The van der Waals surface area contributed by atoms with E-state index in [0.717, 1.165) is 4.57 Å². The van der Waals surface area contributed by atoms with Gasteiger partial charge in [0.2, 0.25) is 0 Å². The van der Waals surface area contributed by atoms with E-state index >= 15 is 0 Å². The van der Waals surface area contributed by atoms with Crippen molar-refractivity contribution in [2.75, 3.05) is 19.0 Å². The fourth-order valence-corrected chi connectivity index (χ4v) is 2.49. The molecular weight excluding hydrogens is 425 g/mol. The Morgan fingerprint density at radius 1 is 1.06 bits per heavy atom. The van der Waals surface area contributed by atoms with Gasteiger partial charge in [0.1, 0.15) is 43.5 Å². The van der Waals surface area contributed by atoms with Crippen molar-refractivity contribution in [3.63, 3.8) is 0 Å². The van der Waals surface area contributed by atoms with E-state index in [1.54, 1.807) is 27.7 Å². The summed E-state index contributed by atoms with van der Waals surface area (Å²) in [5.74, 6) is -1.98. The van der Waals surface area contributed by atoms with Gasteiger partial charge >= 0.3 is 17.6 Å². The van der Waals surface area contributed by atoms with E-state index in [1.807, 2.05) is 0 Å². The summed E-state index contributed by atoms with van der Waals surface area (Å²) in [4.78, 5) is 40.1. The number of rotatable bonds is 12. The summed E-state index contributed by atoms with van der Waals surface area (Å²) in [6.07, 6.45) is -2.34. The SMILES string of the molecule is CC(C)C(N)C(=O)OC[C@@H](OC(C)n1ccc(N)nc1=O)C(CF)OC(=O)C(N)C(C)C. The number of hydrogen-bond acceptors (Lipinski definition) is 10. The van der Waals surface area contributed by atoms with E-state index in [9.17, 15) is 18.8 Å². The van der Waals surface area contributed by atoms with Crippen LogP contribution in [0.5, 0.6) is 0 Å². The topological polar surface area (TPSA) is 175 Å². The van der Waals surface area contributed by atoms with Gasteiger partial charge < -0.3 is 31.4 Å². The smallest absolute Gasteiger partial charge is 0.351 e. The lowest BCUT2D eigenvalue weighted by molar-refractivity contribution is -0.179. The summed E-state index contributed by atoms with van der Waals surface area (Å²) in [7, 11) is 0. The van der Waals surface area contributed by atoms with Gasteiger partial charge in [-0.1, -0.05) is 27.7 Å². The van der Waals surface area contributed by atoms with Gasteiger partial charge in [-0.05, 0) is 24.8 Å². The number of nitrogens with zero attached hydrogens (tertiary/aromatic N) is 2. The van der Waals surface area contributed by atoms with Crippen LogP contribution in [-0.2, 0) is 23.8 Å². The highest BCUT2D eigenvalue weighted by atomic mass is 19.1. The van der Waals surface area contributed by atoms with Crippen molar-refractivity contribution in [1.82, 2.24) is 9.55 Å². The maximum atomic E-state index is 13.9. The van der Waals surface area contributed by atoms with E-state index in [2.05, 4.69) is 4.98 Å². The largest absolute Gasteiger partial charge is 0.462 e. The molecule has 1 aromatic heterocycles. The second-order valence-corrected chi connectivity index (χ2v) is 8.12. The zero-order valence-corrected chi connectivity index (χ0v) is 19.1. The van der Waals surface area contributed by atoms with E-state index in [1.165, 1.54) is 19.2 Å². The molecule has 11 nitrogen and oxygen atoms in total. The summed E-state index contributed by atoms with van der Waals surface area (Å²) in [5.41, 5.74) is 16.3. The van der Waals surface area contributed by atoms with Gasteiger partial charge in [0.05, 0.1) is 0 Å². The molecule has 1 rings (SSSR count). The van der Waals surface area contributed by atoms with E-state index in [0.29, 0.717) is 0 Å². The first-order valence-corrected chi connectivity index (χ1v) is 10.3. The molecule has 1 heterocycles. The number of esters is 2. The number of ether oxygens (including phenoxy) is 3. The number of halogens is 1. The molecule has 5 atom stereocenters. The molecule has 0 aliphatic rings. The number of carbonyl (C=O) groups excluding carboxylic acids is 2. The van der Waals surface area contributed by atoms with Crippen LogP contribution in [0.15, 0.2) is 17.1 Å². The standard InChI is InChI=1S/C20H34FN5O6/c1-10(2)16(23)18(27)30-9-14(13(8-21)32-19(28)17(24)11(3)4)31-12(5)26-7-6-15(22)25-20(26)29/h6-7,10-14,16-17H,8-9,23-24H2,1-5H3,(H2,22,25,29)/t12?,13?,14-,16?,17?/m1/s1. The number of nitrogens with two attached hydrogens (primary N) is 3. The maximum Gasteiger partial charge on any atom is 0.351 e. The predicted octanol–water partition coefficient (Wildman–Crippen LogP) is 0.120. The summed E-state index contributed by atoms with van der Waals surface area (Å²) in [5, 5.41) is 0. The summed E-state index contributed by atoms with van der Waals surface area (Å²) in [6, 6.07) is -0.507. The minimum Gasteiger partial charge on any atom is -0.462 e. The van der Waals surface area contributed by atoms with Gasteiger partial charge in [0.15, 0.2) is 6.10 Å². The lowest BCUT2D eigenvalue weighted by atomic mass is 10.1. The average Bonchev–Trinajstić information content (AvgIpc) is 2.72. The number of aromatic nitrogens is 2. The first kappa shape index (κ1) is 27.5. The summed E-state index contributed by atoms with van der Waals surface area (Å²) >= 11 is 0. The highest BCUT2D eigenvalue weighted by molar-refractivity contribution is 5.76. The molecule has 0 aliphatic heterocycles. The van der Waals surface area contributed by atoms with Gasteiger partial charge in [-0.15, -0.1) is 0 Å². The first-order chi connectivity index (χ1) is 14.9. The van der Waals surface area contributed by atoms with Crippen LogP contribution in [0.25, 0.3) is 0 Å². The number of alkyl halides is 1. The molecule has 0 radical (unpaired) electrons. The number of carbonyl (C=O) groups is 2. The number of hydrogen-bond donors (Lipinski definition) is 3. The van der Waals surface area contributed by atoms with Crippen molar-refractivity contribution in [2.45, 2.75) is 65.1 Å². The first-order valence-electron chi connectivity index (χ1n) is 10.3. The molecule has 32 heavy (non-hydrogen) atoms. The zero-order chi connectivity index (χ0) is 24.6. The molecule has 0 amide bonds. The van der Waals surface area contributed by atoms with Crippen LogP contribution >= 0.6 is 0 Å². The lowest BCUT2D eigenvalue weighted by Crippen LogP contribution is -2.46. The highest BCUT2D eigenvalue weighted by Gasteiger charge is 2.33. The van der Waals surface area contributed by atoms with E-state index < -0.39 is 61.4 Å². The van der Waals surface area contributed by atoms with Crippen LogP contribution in [0.2, 0.25) is 0 Å². The molecule has 6 N–H and O–H groups in total. The lowest BCUT2D eigenvalue weighted by Gasteiger charge is -2.29. The highest BCUT2D eigenvalue weighted by Crippen LogP contribution is 2.17. The Morgan fingerprint density at radius 2 is 1.62 bits per heavy atom. The molecule has 0 saturated heterocycles. The molecular formula is C20H34FN5O6. The molecule has 0 fully saturated rings. The van der Waals surface area contributed by atoms with Crippen molar-refractivity contribution >= 4 is 17.8 Å². The third-order valence-electron chi connectivity index (χ3n) is 4.82. The van der Waals surface area contributed by atoms with Crippen molar-refractivity contribution in [2.24, 2.45) is 23.3 Å². The van der Waals surface area contributed by atoms with E-state index in [-0.39, 0.29) is 17.7 Å². The average molecular weight is 460 g/mol. The normalized spacial score (nSPS) is 16.3. The third-order valence-corrected chi connectivity index (χ3v) is 4.82. The van der Waals surface area contributed by atoms with Gasteiger partial charge in [-0.2, -0.15) is 4.98 Å². The molecule has 0 bridgehead atoms. The summed E-state index contributed by atoms with van der Waals surface area (Å²) in [6.45, 7) is 6.77. The maximum absolute atomic E-state index is 13.9. The summed E-state index contributed by atoms with van der Waals surface area (Å²) < 4.78 is 31.1. The fourth-order valence-electron chi connectivity index (χ4n) is 2.49. The molecule has 4 unspecified atom stereocenters. The van der Waals surface area contributed by atoms with Crippen LogP contribution in [0.4, 0.5) is 10.2 Å². The fraction of sp³-hybridized carbons (Fsp3) is 0.700. The molecule has 1 aromatic rings. The van der Waals surface area contributed by atoms with Crippen molar-refractivity contribution < 1.29 is 28.2 Å². The van der Waals surface area contributed by atoms with Crippen molar-refractivity contribution in [3.05, 3.63) is 22.7 Å². The van der Waals surface area contributed by atoms with Crippen LogP contribution < -0.4 is 22.9 Å². The predicted molar refractivity (Wildman–Crippen MR) is 115 cm³/mol. The van der Waals surface area contributed by atoms with Gasteiger partial charge in [-0.25, -0.2) is 9.18 Å². The Morgan fingerprint density at radius 3 is 2.12 bits per heavy atom. The van der Waals surface area contributed by atoms with Gasteiger partial charge in [-0.3, -0.25) is 14.2 Å². The minimum absolute atomic E-state index is 0.0184. The van der Waals surface area contributed by atoms with Crippen molar-refractivity contribution in [3.8, 4) is 0 Å². The quantitative estimate of drug-likeness (QED) is 0.364. The van der Waals surface area contributed by atoms with Crippen LogP contribution in [-0.4, -0.2) is 59.1 Å². The molecule has 12 heteroatoms. The van der Waals surface area contributed by atoms with Gasteiger partial charge in [0.25, 0.3) is 0 Å². The van der Waals surface area contributed by atoms with Gasteiger partial charge in [0, 0.05) is 6.20 Å². The molecule has 0 aromatic carbocycles. The number of anilines is 1. The third kappa shape index (κ3) is 7.84. The zero-order valence-electron chi connectivity index (χ0n) is 19.1. The van der Waals surface area contributed by atoms with E-state index in [4.69, 9.17) is 31.4 Å². The van der Waals surface area contributed by atoms with Crippen molar-refractivity contribution in [1.29, 1.82) is 0 Å². The van der Waals surface area contributed by atoms with Crippen LogP contribution in [0.3, 0.4) is 0 Å². The second kappa shape index (κ2) is 12.5. The molecule has 0 saturated carbocycles.